The first-order chi connectivity index (χ1) is 10.2. The van der Waals surface area contributed by atoms with Gasteiger partial charge in [0.2, 0.25) is 0 Å². The fourth-order valence-corrected chi connectivity index (χ4v) is 0. The Balaban J connectivity index is -0.0000000269. The van der Waals surface area contributed by atoms with Crippen molar-refractivity contribution < 1.29 is 13.2 Å². The molecule has 0 saturated heterocycles. The fraction of sp³-hybridized carbons (Fsp3) is 0.889. The van der Waals surface area contributed by atoms with Crippen LogP contribution in [0.25, 0.3) is 0 Å². The summed E-state index contributed by atoms with van der Waals surface area (Å²) < 4.78 is 23.5. The maximum absolute atomic E-state index is 9.63. The van der Waals surface area contributed by atoms with Gasteiger partial charge in [0.15, 0.2) is 0 Å². The Morgan fingerprint density at radius 1 is 0.913 bits per heavy atom. The molecule has 5 heteroatoms. The van der Waals surface area contributed by atoms with Crippen molar-refractivity contribution in [3.8, 4) is 0 Å². The Labute approximate surface area is 154 Å². The van der Waals surface area contributed by atoms with Crippen LogP contribution in [0.1, 0.15) is 61.8 Å². The lowest BCUT2D eigenvalue weighted by atomic mass is 10.0. The Bertz CT molecular complexity index is 200. The van der Waals surface area contributed by atoms with Gasteiger partial charge in [0.1, 0.15) is 9.84 Å². The molecule has 0 amide bonds. The summed E-state index contributed by atoms with van der Waals surface area (Å²) in [6.07, 6.45) is 7.65. The van der Waals surface area contributed by atoms with E-state index in [0.29, 0.717) is 5.41 Å². The van der Waals surface area contributed by atoms with E-state index >= 15 is 0 Å². The highest BCUT2D eigenvalue weighted by Crippen LogP contribution is 2.08. The van der Waals surface area contributed by atoms with Crippen molar-refractivity contribution in [2.45, 2.75) is 61.8 Å². The monoisotopic (exact) mass is 376 g/mol. The highest BCUT2D eigenvalue weighted by molar-refractivity contribution is 7.97. The van der Waals surface area contributed by atoms with E-state index in [1.54, 1.807) is 26.0 Å². The molecule has 0 N–H and O–H groups in total. The van der Waals surface area contributed by atoms with Crippen molar-refractivity contribution in [1.82, 2.24) is 0 Å². The number of methoxy groups -OCH3 is 1. The standard InChI is InChI=1S/C5H12.C3H8.C2H6O2S.C2H6O.C2H6S.C2H6.C2H4/c1-5(2,3)4;1-3-2;1-5(2,3)4;2*1-3-2;2*1-2/h1-4H3;3H2,1-2H3;1-2H3;2*1-2H3;1-2H3;1-2H2. The molecule has 0 atom stereocenters. The van der Waals surface area contributed by atoms with Crippen LogP contribution in [0.5, 0.6) is 0 Å². The van der Waals surface area contributed by atoms with E-state index in [0.717, 1.165) is 12.5 Å². The molecule has 0 bridgehead atoms. The van der Waals surface area contributed by atoms with Crippen LogP contribution in [0, 0.1) is 5.41 Å². The molecule has 0 saturated carbocycles. The first-order valence-corrected chi connectivity index (χ1v) is 11.6. The first-order valence-electron chi connectivity index (χ1n) is 7.70. The summed E-state index contributed by atoms with van der Waals surface area (Å²) in [5.74, 6) is 0. The SMILES string of the molecule is C=C.CC.CC(C)(C)C.CCC.COC.CS(C)(=O)=O.CSC. The molecule has 0 aromatic rings. The van der Waals surface area contributed by atoms with Gasteiger partial charge in [0, 0.05) is 26.7 Å². The van der Waals surface area contributed by atoms with Crippen molar-refractivity contribution >= 4 is 21.6 Å². The lowest BCUT2D eigenvalue weighted by molar-refractivity contribution is 0.277. The van der Waals surface area contributed by atoms with Crippen molar-refractivity contribution in [3.05, 3.63) is 13.2 Å². The lowest BCUT2D eigenvalue weighted by Gasteiger charge is -2.05. The van der Waals surface area contributed by atoms with Gasteiger partial charge < -0.3 is 4.74 Å². The summed E-state index contributed by atoms with van der Waals surface area (Å²) in [5.41, 5.74) is 0.500. The van der Waals surface area contributed by atoms with Gasteiger partial charge in [-0.15, -0.1) is 13.2 Å². The minimum Gasteiger partial charge on any atom is -0.388 e. The number of sulfone groups is 1. The third kappa shape index (κ3) is 2860000000000000035730130387679051776. The van der Waals surface area contributed by atoms with Crippen LogP contribution in [0.15, 0.2) is 13.2 Å². The van der Waals surface area contributed by atoms with Gasteiger partial charge in [0.05, 0.1) is 0 Å². The number of rotatable bonds is 0. The Morgan fingerprint density at radius 3 is 0.913 bits per heavy atom. The van der Waals surface area contributed by atoms with Gasteiger partial charge in [-0.2, -0.15) is 11.8 Å². The van der Waals surface area contributed by atoms with Crippen LogP contribution in [0.2, 0.25) is 0 Å². The highest BCUT2D eigenvalue weighted by Gasteiger charge is 1.95. The molecule has 0 aromatic heterocycles. The highest BCUT2D eigenvalue weighted by atomic mass is 32.2. The van der Waals surface area contributed by atoms with Crippen molar-refractivity contribution in [3.63, 3.8) is 0 Å². The second-order valence-corrected chi connectivity index (χ2v) is 8.77. The van der Waals surface area contributed by atoms with Gasteiger partial charge in [0.25, 0.3) is 0 Å². The molecule has 0 rings (SSSR count). The van der Waals surface area contributed by atoms with Gasteiger partial charge in [-0.1, -0.05) is 61.8 Å². The van der Waals surface area contributed by atoms with Gasteiger partial charge in [-0.25, -0.2) is 8.42 Å². The zero-order valence-corrected chi connectivity index (χ0v) is 20.3. The number of thioether (sulfide) groups is 1. The van der Waals surface area contributed by atoms with E-state index < -0.39 is 9.84 Å². The smallest absolute Gasteiger partial charge is 0.144 e. The predicted molar refractivity (Wildman–Crippen MR) is 117 cm³/mol. The number of hydrogen-bond donors (Lipinski definition) is 0. The molecule has 0 spiro atoms. The second-order valence-electron chi connectivity index (χ2n) is 5.67. The van der Waals surface area contributed by atoms with E-state index in [2.05, 4.69) is 59.4 Å². The van der Waals surface area contributed by atoms with Crippen LogP contribution >= 0.6 is 11.8 Å². The van der Waals surface area contributed by atoms with Crippen LogP contribution in [0.3, 0.4) is 0 Å². The van der Waals surface area contributed by atoms with E-state index in [-0.39, 0.29) is 0 Å². The van der Waals surface area contributed by atoms with Gasteiger partial charge >= 0.3 is 0 Å². The van der Waals surface area contributed by atoms with Crippen LogP contribution in [-0.4, -0.2) is 47.7 Å². The van der Waals surface area contributed by atoms with Crippen LogP contribution in [0.4, 0.5) is 0 Å². The lowest BCUT2D eigenvalue weighted by Crippen LogP contribution is -1.93. The Hall–Kier alpha value is -0.0000000000000000555. The second kappa shape index (κ2) is 43.1. The summed E-state index contributed by atoms with van der Waals surface area (Å²) in [6.45, 7) is 23.0. The Morgan fingerprint density at radius 2 is 0.913 bits per heavy atom. The molecule has 0 aliphatic heterocycles. The predicted octanol–water partition coefficient (Wildman–Crippen LogP) is 6.20. The molecule has 0 radical (unpaired) electrons. The maximum atomic E-state index is 9.63. The molecule has 23 heavy (non-hydrogen) atoms. The molecule has 0 fully saturated rings. The summed E-state index contributed by atoms with van der Waals surface area (Å²) in [6, 6.07) is 0. The molecule has 0 heterocycles. The summed E-state index contributed by atoms with van der Waals surface area (Å²) >= 11 is 1.75. The maximum Gasteiger partial charge on any atom is 0.144 e. The molecular weight excluding hydrogens is 328 g/mol. The van der Waals surface area contributed by atoms with Crippen LogP contribution in [-0.2, 0) is 14.6 Å². The first kappa shape index (κ1) is 43.5. The largest absolute Gasteiger partial charge is 0.388 e. The number of ether oxygens (including phenoxy) is 1. The molecular formula is C18H48O3S2. The minimum absolute atomic E-state index is 0.500. The minimum atomic E-state index is -2.67. The summed E-state index contributed by atoms with van der Waals surface area (Å²) in [7, 11) is 0.583. The summed E-state index contributed by atoms with van der Waals surface area (Å²) in [5, 5.41) is 0. The van der Waals surface area contributed by atoms with Gasteiger partial charge in [-0.05, 0) is 17.9 Å². The van der Waals surface area contributed by atoms with E-state index in [1.165, 1.54) is 6.42 Å². The zero-order chi connectivity index (χ0) is 21.1. The Kier molecular flexibility index (Phi) is 81.5. The average Bonchev–Trinajstić information content (AvgIpc) is 2.32. The topological polar surface area (TPSA) is 43.4 Å². The molecule has 0 aromatic carbocycles. The van der Waals surface area contributed by atoms with Crippen molar-refractivity contribution in [2.75, 3.05) is 39.2 Å². The van der Waals surface area contributed by atoms with E-state index in [1.807, 2.05) is 26.4 Å². The normalized spacial score (nSPS) is 7.91. The molecule has 0 aliphatic rings. The summed E-state index contributed by atoms with van der Waals surface area (Å²) in [4.78, 5) is 0. The molecule has 0 unspecified atom stereocenters. The van der Waals surface area contributed by atoms with Crippen LogP contribution < -0.4 is 0 Å². The fourth-order valence-electron chi connectivity index (χ4n) is 0. The van der Waals surface area contributed by atoms with E-state index in [9.17, 15) is 8.42 Å². The average molecular weight is 377 g/mol. The third-order valence-electron chi connectivity index (χ3n) is 0. The zero-order valence-electron chi connectivity index (χ0n) is 18.7. The molecule has 3 nitrogen and oxygen atoms in total. The van der Waals surface area contributed by atoms with Crippen molar-refractivity contribution in [1.29, 1.82) is 0 Å². The van der Waals surface area contributed by atoms with E-state index in [4.69, 9.17) is 0 Å². The van der Waals surface area contributed by atoms with Crippen molar-refractivity contribution in [2.24, 2.45) is 5.41 Å². The third-order valence-corrected chi connectivity index (χ3v) is 0. The number of hydrogen-bond acceptors (Lipinski definition) is 4. The quantitative estimate of drug-likeness (QED) is 0.472. The molecule has 150 valence electrons. The van der Waals surface area contributed by atoms with Gasteiger partial charge in [-0.3, -0.25) is 0 Å². The molecule has 0 aliphatic carbocycles.